The van der Waals surface area contributed by atoms with Gasteiger partial charge in [0.25, 0.3) is 0 Å². The van der Waals surface area contributed by atoms with Gasteiger partial charge >= 0.3 is 0 Å². The fraction of sp³-hybridized carbons (Fsp3) is 0.500. The second-order valence-corrected chi connectivity index (χ2v) is 4.27. The minimum absolute atomic E-state index is 0.0102. The van der Waals surface area contributed by atoms with Crippen molar-refractivity contribution in [3.05, 3.63) is 28.8 Å². The summed E-state index contributed by atoms with van der Waals surface area (Å²) in [5, 5.41) is 0. The maximum Gasteiger partial charge on any atom is 0.126 e. The van der Waals surface area contributed by atoms with E-state index in [4.69, 9.17) is 10.5 Å². The van der Waals surface area contributed by atoms with E-state index in [0.717, 1.165) is 29.1 Å². The van der Waals surface area contributed by atoms with Crippen LogP contribution >= 0.6 is 12.6 Å². The van der Waals surface area contributed by atoms with Crippen molar-refractivity contribution in [1.29, 1.82) is 0 Å². The fourth-order valence-electron chi connectivity index (χ4n) is 1.84. The predicted octanol–water partition coefficient (Wildman–Crippen LogP) is 2.63. The van der Waals surface area contributed by atoms with Crippen molar-refractivity contribution in [2.75, 3.05) is 12.9 Å². The van der Waals surface area contributed by atoms with Gasteiger partial charge in [-0.3, -0.25) is 0 Å². The Kier molecular flexibility index (Phi) is 4.48. The first-order chi connectivity index (χ1) is 7.10. The van der Waals surface area contributed by atoms with Gasteiger partial charge in [0.2, 0.25) is 0 Å². The summed E-state index contributed by atoms with van der Waals surface area (Å²) in [5.74, 6) is 1.70. The van der Waals surface area contributed by atoms with Crippen LogP contribution in [-0.4, -0.2) is 12.9 Å². The van der Waals surface area contributed by atoms with Gasteiger partial charge in [-0.1, -0.05) is 17.7 Å². The van der Waals surface area contributed by atoms with Crippen LogP contribution in [0, 0.1) is 13.8 Å². The zero-order chi connectivity index (χ0) is 11.4. The first-order valence-corrected chi connectivity index (χ1v) is 5.75. The Morgan fingerprint density at radius 1 is 1.40 bits per heavy atom. The van der Waals surface area contributed by atoms with E-state index < -0.39 is 0 Å². The van der Waals surface area contributed by atoms with Crippen molar-refractivity contribution in [2.45, 2.75) is 26.3 Å². The summed E-state index contributed by atoms with van der Waals surface area (Å²) in [5.41, 5.74) is 9.54. The third-order valence-corrected chi connectivity index (χ3v) is 2.75. The largest absolute Gasteiger partial charge is 0.496 e. The van der Waals surface area contributed by atoms with Crippen molar-refractivity contribution in [3.8, 4) is 5.75 Å². The molecule has 1 rings (SSSR count). The van der Waals surface area contributed by atoms with Gasteiger partial charge in [-0.2, -0.15) is 12.6 Å². The van der Waals surface area contributed by atoms with Crippen LogP contribution in [0.15, 0.2) is 12.1 Å². The first-order valence-electron chi connectivity index (χ1n) is 5.11. The Hall–Kier alpha value is -0.670. The van der Waals surface area contributed by atoms with Crippen LogP contribution in [0.4, 0.5) is 0 Å². The van der Waals surface area contributed by atoms with Gasteiger partial charge in [0, 0.05) is 11.6 Å². The summed E-state index contributed by atoms with van der Waals surface area (Å²) in [4.78, 5) is 0. The molecule has 2 nitrogen and oxygen atoms in total. The Bertz CT molecular complexity index is 339. The third kappa shape index (κ3) is 2.89. The summed E-state index contributed by atoms with van der Waals surface area (Å²) < 4.78 is 5.39. The number of ether oxygens (including phenoxy) is 1. The van der Waals surface area contributed by atoms with Gasteiger partial charge in [0.05, 0.1) is 7.11 Å². The van der Waals surface area contributed by atoms with E-state index in [1.165, 1.54) is 5.56 Å². The lowest BCUT2D eigenvalue weighted by molar-refractivity contribution is 0.402. The zero-order valence-electron chi connectivity index (χ0n) is 9.58. The molecule has 1 atom stereocenters. The fourth-order valence-corrected chi connectivity index (χ4v) is 2.11. The lowest BCUT2D eigenvalue weighted by Gasteiger charge is -2.17. The standard InChI is InChI=1S/C12H19NOS/c1-8-6-9(2)12(14-3)10(7-8)11(13)4-5-15/h6-7,11,15H,4-5,13H2,1-3H3. The molecule has 0 aliphatic carbocycles. The molecule has 0 saturated heterocycles. The number of methoxy groups -OCH3 is 1. The molecular weight excluding hydrogens is 206 g/mol. The van der Waals surface area contributed by atoms with Crippen molar-refractivity contribution in [2.24, 2.45) is 5.73 Å². The molecule has 0 spiro atoms. The summed E-state index contributed by atoms with van der Waals surface area (Å²) in [7, 11) is 1.69. The zero-order valence-corrected chi connectivity index (χ0v) is 10.5. The Morgan fingerprint density at radius 3 is 2.60 bits per heavy atom. The minimum Gasteiger partial charge on any atom is -0.496 e. The smallest absolute Gasteiger partial charge is 0.126 e. The van der Waals surface area contributed by atoms with E-state index in [1.807, 2.05) is 6.92 Å². The molecule has 1 aromatic carbocycles. The molecule has 2 N–H and O–H groups in total. The Morgan fingerprint density at radius 2 is 2.07 bits per heavy atom. The highest BCUT2D eigenvalue weighted by molar-refractivity contribution is 7.80. The van der Waals surface area contributed by atoms with Crippen LogP contribution in [0.5, 0.6) is 5.75 Å². The molecule has 84 valence electrons. The molecule has 3 heteroatoms. The van der Waals surface area contributed by atoms with E-state index in [-0.39, 0.29) is 6.04 Å². The lowest BCUT2D eigenvalue weighted by atomic mass is 9.98. The predicted molar refractivity (Wildman–Crippen MR) is 67.9 cm³/mol. The molecule has 0 saturated carbocycles. The van der Waals surface area contributed by atoms with E-state index in [0.29, 0.717) is 0 Å². The van der Waals surface area contributed by atoms with Crippen molar-refractivity contribution < 1.29 is 4.74 Å². The van der Waals surface area contributed by atoms with E-state index in [9.17, 15) is 0 Å². The first kappa shape index (κ1) is 12.4. The summed E-state index contributed by atoms with van der Waals surface area (Å²) in [6, 6.07) is 4.21. The maximum absolute atomic E-state index is 6.09. The Balaban J connectivity index is 3.13. The second-order valence-electron chi connectivity index (χ2n) is 3.82. The highest BCUT2D eigenvalue weighted by atomic mass is 32.1. The van der Waals surface area contributed by atoms with Gasteiger partial charge in [0.1, 0.15) is 5.75 Å². The van der Waals surface area contributed by atoms with Crippen LogP contribution in [0.2, 0.25) is 0 Å². The summed E-state index contributed by atoms with van der Waals surface area (Å²) in [6.07, 6.45) is 0.863. The SMILES string of the molecule is COc1c(C)cc(C)cc1C(N)CCS. The quantitative estimate of drug-likeness (QED) is 0.773. The highest BCUT2D eigenvalue weighted by Crippen LogP contribution is 2.30. The second kappa shape index (κ2) is 5.42. The normalized spacial score (nSPS) is 12.6. The molecule has 0 radical (unpaired) electrons. The molecular formula is C12H19NOS. The number of rotatable bonds is 4. The average Bonchev–Trinajstić information content (AvgIpc) is 2.17. The van der Waals surface area contributed by atoms with Gasteiger partial charge < -0.3 is 10.5 Å². The number of hydrogen-bond donors (Lipinski definition) is 2. The molecule has 0 aromatic heterocycles. The van der Waals surface area contributed by atoms with Crippen LogP contribution in [-0.2, 0) is 0 Å². The third-order valence-electron chi connectivity index (χ3n) is 2.49. The summed E-state index contributed by atoms with van der Waals surface area (Å²) in [6.45, 7) is 4.12. The molecule has 0 fully saturated rings. The van der Waals surface area contributed by atoms with Gasteiger partial charge in [-0.15, -0.1) is 0 Å². The average molecular weight is 225 g/mol. The van der Waals surface area contributed by atoms with Crippen molar-refractivity contribution in [1.82, 2.24) is 0 Å². The lowest BCUT2D eigenvalue weighted by Crippen LogP contribution is -2.13. The number of nitrogens with two attached hydrogens (primary N) is 1. The van der Waals surface area contributed by atoms with E-state index in [2.05, 4.69) is 31.7 Å². The monoisotopic (exact) mass is 225 g/mol. The minimum atomic E-state index is 0.0102. The van der Waals surface area contributed by atoms with Crippen LogP contribution in [0.1, 0.15) is 29.2 Å². The number of benzene rings is 1. The van der Waals surface area contributed by atoms with E-state index in [1.54, 1.807) is 7.11 Å². The van der Waals surface area contributed by atoms with Gasteiger partial charge in [-0.25, -0.2) is 0 Å². The van der Waals surface area contributed by atoms with Crippen LogP contribution in [0.25, 0.3) is 0 Å². The summed E-state index contributed by atoms with van der Waals surface area (Å²) >= 11 is 4.20. The van der Waals surface area contributed by atoms with Gasteiger partial charge in [-0.05, 0) is 31.6 Å². The van der Waals surface area contributed by atoms with Gasteiger partial charge in [0.15, 0.2) is 0 Å². The molecule has 0 aliphatic rings. The molecule has 15 heavy (non-hydrogen) atoms. The maximum atomic E-state index is 6.09. The topological polar surface area (TPSA) is 35.2 Å². The van der Waals surface area contributed by atoms with Crippen LogP contribution in [0.3, 0.4) is 0 Å². The number of aryl methyl sites for hydroxylation is 2. The molecule has 0 bridgehead atoms. The molecule has 0 aliphatic heterocycles. The number of hydrogen-bond acceptors (Lipinski definition) is 3. The molecule has 1 unspecified atom stereocenters. The molecule has 1 aromatic rings. The van der Waals surface area contributed by atoms with Crippen molar-refractivity contribution in [3.63, 3.8) is 0 Å². The highest BCUT2D eigenvalue weighted by Gasteiger charge is 2.13. The van der Waals surface area contributed by atoms with Crippen LogP contribution < -0.4 is 10.5 Å². The Labute approximate surface area is 97.2 Å². The van der Waals surface area contributed by atoms with Crippen molar-refractivity contribution >= 4 is 12.6 Å². The molecule has 0 heterocycles. The molecule has 0 amide bonds. The van der Waals surface area contributed by atoms with E-state index >= 15 is 0 Å². The number of thiol groups is 1.